The molecule has 1 N–H and O–H groups in total. The Balaban J connectivity index is 1.34. The van der Waals surface area contributed by atoms with Crippen molar-refractivity contribution < 1.29 is 0 Å². The number of nitrogens with one attached hydrogen (secondary N) is 1. The summed E-state index contributed by atoms with van der Waals surface area (Å²) in [6.45, 7) is 8.74. The number of aromatic amines is 1. The molecule has 0 bridgehead atoms. The fourth-order valence-corrected chi connectivity index (χ4v) is 6.36. The van der Waals surface area contributed by atoms with E-state index in [1.807, 2.05) is 12.4 Å². The number of aromatic nitrogens is 4. The average molecular weight is 502 g/mol. The van der Waals surface area contributed by atoms with E-state index in [4.69, 9.17) is 4.99 Å². The van der Waals surface area contributed by atoms with Crippen LogP contribution in [0, 0.1) is 5.92 Å². The van der Waals surface area contributed by atoms with Crippen molar-refractivity contribution in [3.63, 3.8) is 0 Å². The van der Waals surface area contributed by atoms with Crippen LogP contribution in [0.15, 0.2) is 66.2 Å². The first-order chi connectivity index (χ1) is 18.0. The zero-order valence-corrected chi connectivity index (χ0v) is 22.1. The number of rotatable bonds is 4. The summed E-state index contributed by atoms with van der Waals surface area (Å²) in [5.74, 6) is 1.83. The number of H-pyrrole nitrogens is 1. The van der Waals surface area contributed by atoms with Crippen molar-refractivity contribution in [3.05, 3.63) is 72.6 Å². The van der Waals surface area contributed by atoms with Gasteiger partial charge in [-0.25, -0.2) is 15.0 Å². The first-order valence-corrected chi connectivity index (χ1v) is 13.6. The molecule has 0 spiro atoms. The van der Waals surface area contributed by atoms with Crippen LogP contribution in [0.25, 0.3) is 53.5 Å². The summed E-state index contributed by atoms with van der Waals surface area (Å²) < 4.78 is 1.27. The van der Waals surface area contributed by atoms with Gasteiger partial charge in [0.2, 0.25) is 0 Å². The third-order valence-corrected chi connectivity index (χ3v) is 8.53. The van der Waals surface area contributed by atoms with Crippen LogP contribution in [0.4, 0.5) is 5.69 Å². The van der Waals surface area contributed by atoms with E-state index in [-0.39, 0.29) is 0 Å². The van der Waals surface area contributed by atoms with Crippen LogP contribution in [0.3, 0.4) is 0 Å². The molecule has 0 saturated carbocycles. The maximum absolute atomic E-state index is 5.00. The van der Waals surface area contributed by atoms with Crippen LogP contribution in [0.5, 0.6) is 0 Å². The van der Waals surface area contributed by atoms with E-state index in [0.717, 1.165) is 34.5 Å². The molecule has 6 aromatic rings. The molecule has 0 radical (unpaired) electrons. The number of fused-ring (bicyclic) bond motifs is 7. The number of nitrogens with zero attached hydrogens (tertiary/aromatic N) is 4. The van der Waals surface area contributed by atoms with Gasteiger partial charge in [0.05, 0.1) is 22.5 Å². The van der Waals surface area contributed by atoms with E-state index in [1.165, 1.54) is 48.1 Å². The zero-order chi connectivity index (χ0) is 25.3. The molecule has 7 rings (SSSR count). The fraction of sp³-hybridized carbons (Fsp3) is 0.226. The van der Waals surface area contributed by atoms with E-state index in [2.05, 4.69) is 90.1 Å². The minimum Gasteiger partial charge on any atom is -0.341 e. The van der Waals surface area contributed by atoms with Crippen molar-refractivity contribution >= 4 is 54.5 Å². The first-order valence-electron chi connectivity index (χ1n) is 12.8. The highest BCUT2D eigenvalue weighted by Crippen LogP contribution is 2.43. The van der Waals surface area contributed by atoms with Crippen LogP contribution in [-0.2, 0) is 6.42 Å². The van der Waals surface area contributed by atoms with Crippen LogP contribution in [-0.4, -0.2) is 25.6 Å². The minimum atomic E-state index is 0.383. The Morgan fingerprint density at radius 1 is 0.838 bits per heavy atom. The van der Waals surface area contributed by atoms with Crippen molar-refractivity contribution in [2.75, 3.05) is 0 Å². The molecule has 0 amide bonds. The lowest BCUT2D eigenvalue weighted by Crippen LogP contribution is -2.06. The van der Waals surface area contributed by atoms with E-state index in [9.17, 15) is 0 Å². The molecule has 4 heterocycles. The van der Waals surface area contributed by atoms with Gasteiger partial charge >= 0.3 is 0 Å². The summed E-state index contributed by atoms with van der Waals surface area (Å²) in [5, 5.41) is 4.75. The lowest BCUT2D eigenvalue weighted by atomic mass is 9.92. The number of aliphatic imine (C=N–C) groups is 1. The Morgan fingerprint density at radius 2 is 1.68 bits per heavy atom. The molecule has 6 heteroatoms. The third-order valence-electron chi connectivity index (χ3n) is 7.40. The van der Waals surface area contributed by atoms with Crippen LogP contribution in [0.1, 0.15) is 45.0 Å². The van der Waals surface area contributed by atoms with E-state index < -0.39 is 0 Å². The van der Waals surface area contributed by atoms with E-state index >= 15 is 0 Å². The van der Waals surface area contributed by atoms with Crippen LogP contribution in [0.2, 0.25) is 0 Å². The Hall–Kier alpha value is -3.90. The number of imidazole rings is 1. The Morgan fingerprint density at radius 3 is 2.49 bits per heavy atom. The lowest BCUT2D eigenvalue weighted by molar-refractivity contribution is 0.795. The highest BCUT2D eigenvalue weighted by atomic mass is 32.1. The van der Waals surface area contributed by atoms with Gasteiger partial charge in [-0.3, -0.25) is 4.99 Å². The van der Waals surface area contributed by atoms with Gasteiger partial charge in [-0.05, 0) is 57.0 Å². The molecule has 182 valence electrons. The minimum absolute atomic E-state index is 0.383. The average Bonchev–Trinajstić information content (AvgIpc) is 3.66. The monoisotopic (exact) mass is 501 g/mol. The standard InChI is InChI=1S/C31H27N5S/c1-16(2)25-12-23-21-8-7-18(9-22(21)24-13-32-15-34-29(24)30(23)35-25)19-5-6-20-11-28(37-27(20)10-19)26-14-33-31(36-26)17(3)4/h5-11,13-17H,12H2,1-4H3,(H,33,36). The molecular weight excluding hydrogens is 474 g/mol. The van der Waals surface area contributed by atoms with Gasteiger partial charge in [0, 0.05) is 34.3 Å². The van der Waals surface area contributed by atoms with Gasteiger partial charge < -0.3 is 4.98 Å². The van der Waals surface area contributed by atoms with Gasteiger partial charge in [0.15, 0.2) is 0 Å². The maximum Gasteiger partial charge on any atom is 0.116 e. The van der Waals surface area contributed by atoms with Gasteiger partial charge in [-0.15, -0.1) is 11.3 Å². The smallest absolute Gasteiger partial charge is 0.116 e. The highest BCUT2D eigenvalue weighted by Gasteiger charge is 2.24. The molecule has 37 heavy (non-hydrogen) atoms. The lowest BCUT2D eigenvalue weighted by Gasteiger charge is -2.11. The van der Waals surface area contributed by atoms with Crippen molar-refractivity contribution in [2.45, 2.75) is 40.0 Å². The maximum atomic E-state index is 5.00. The van der Waals surface area contributed by atoms with Crippen molar-refractivity contribution in [1.82, 2.24) is 19.9 Å². The second kappa shape index (κ2) is 8.32. The van der Waals surface area contributed by atoms with Gasteiger partial charge in [-0.2, -0.15) is 0 Å². The quantitative estimate of drug-likeness (QED) is 0.246. The molecule has 5 nitrogen and oxygen atoms in total. The summed E-state index contributed by atoms with van der Waals surface area (Å²) in [4.78, 5) is 23.3. The Kier molecular flexibility index (Phi) is 5.01. The van der Waals surface area contributed by atoms with Crippen molar-refractivity contribution in [2.24, 2.45) is 10.9 Å². The summed E-state index contributed by atoms with van der Waals surface area (Å²) in [5.41, 5.74) is 7.97. The molecule has 3 aromatic heterocycles. The number of benzene rings is 3. The number of hydrogen-bond acceptors (Lipinski definition) is 5. The van der Waals surface area contributed by atoms with Crippen molar-refractivity contribution in [1.29, 1.82) is 0 Å². The fourth-order valence-electron chi connectivity index (χ4n) is 5.29. The normalized spacial score (nSPS) is 13.4. The SMILES string of the molecule is CC(C)C1=Nc2c(c3ccc(-c4ccc5cc(-c6cnc(C(C)C)[nH]6)sc5c4)cc3c3cncnc23)C1. The Bertz CT molecular complexity index is 1870. The predicted molar refractivity (Wildman–Crippen MR) is 155 cm³/mol. The first kappa shape index (κ1) is 22.3. The summed E-state index contributed by atoms with van der Waals surface area (Å²) in [6.07, 6.45) is 6.40. The number of thiophene rings is 1. The molecule has 0 fully saturated rings. The largest absolute Gasteiger partial charge is 0.341 e. The molecule has 0 unspecified atom stereocenters. The summed E-state index contributed by atoms with van der Waals surface area (Å²) >= 11 is 1.80. The second-order valence-corrected chi connectivity index (χ2v) is 11.6. The van der Waals surface area contributed by atoms with Crippen LogP contribution < -0.4 is 0 Å². The van der Waals surface area contributed by atoms with Gasteiger partial charge in [0.1, 0.15) is 17.7 Å². The second-order valence-electron chi connectivity index (χ2n) is 10.5. The van der Waals surface area contributed by atoms with Gasteiger partial charge in [0.25, 0.3) is 0 Å². The highest BCUT2D eigenvalue weighted by molar-refractivity contribution is 7.22. The number of hydrogen-bond donors (Lipinski definition) is 1. The molecule has 1 aliphatic heterocycles. The third kappa shape index (κ3) is 3.58. The molecule has 1 aliphatic rings. The molecule has 0 aliphatic carbocycles. The van der Waals surface area contributed by atoms with Crippen LogP contribution >= 0.6 is 11.3 Å². The van der Waals surface area contributed by atoms with Gasteiger partial charge in [-0.1, -0.05) is 52.0 Å². The molecule has 0 saturated heterocycles. The predicted octanol–water partition coefficient (Wildman–Crippen LogP) is 8.46. The molecular formula is C31H27N5S. The summed E-state index contributed by atoms with van der Waals surface area (Å²) in [7, 11) is 0. The molecule has 3 aromatic carbocycles. The van der Waals surface area contributed by atoms with E-state index in [1.54, 1.807) is 17.7 Å². The Labute approximate surface area is 219 Å². The topological polar surface area (TPSA) is 66.8 Å². The zero-order valence-electron chi connectivity index (χ0n) is 21.3. The molecule has 0 atom stereocenters. The van der Waals surface area contributed by atoms with Crippen molar-refractivity contribution in [3.8, 4) is 21.7 Å². The summed E-state index contributed by atoms with van der Waals surface area (Å²) in [6, 6.07) is 15.8. The van der Waals surface area contributed by atoms with E-state index in [0.29, 0.717) is 11.8 Å².